The van der Waals surface area contributed by atoms with E-state index in [-0.39, 0.29) is 26.0 Å². The van der Waals surface area contributed by atoms with Crippen molar-refractivity contribution in [1.82, 2.24) is 9.55 Å². The van der Waals surface area contributed by atoms with Crippen LogP contribution in [-0.4, -0.2) is 57.0 Å². The van der Waals surface area contributed by atoms with Gasteiger partial charge in [-0.3, -0.25) is 14.3 Å². The van der Waals surface area contributed by atoms with Crippen LogP contribution in [0.25, 0.3) is 0 Å². The summed E-state index contributed by atoms with van der Waals surface area (Å²) >= 11 is 0. The number of aliphatic hydroxyl groups excluding tert-OH is 1. The van der Waals surface area contributed by atoms with E-state index in [9.17, 15) is 23.2 Å². The maximum absolute atomic E-state index is 12.1. The van der Waals surface area contributed by atoms with Gasteiger partial charge in [0.2, 0.25) is 0 Å². The minimum atomic E-state index is -3.07. The van der Waals surface area contributed by atoms with E-state index in [1.54, 1.807) is 19.1 Å². The quantitative estimate of drug-likeness (QED) is 0.361. The number of hydrogen-bond donors (Lipinski definition) is 5. The Bertz CT molecular complexity index is 809. The Hall–Kier alpha value is -2.41. The molecule has 7 N–H and O–H groups in total. The summed E-state index contributed by atoms with van der Waals surface area (Å²) in [6.45, 7) is 1.63. The van der Waals surface area contributed by atoms with E-state index >= 15 is 0 Å². The number of carbonyl (C=O) groups is 1. The Morgan fingerprint density at radius 2 is 2.07 bits per heavy atom. The van der Waals surface area contributed by atoms with Gasteiger partial charge in [0.1, 0.15) is 6.10 Å². The van der Waals surface area contributed by atoms with Gasteiger partial charge in [0.25, 0.3) is 12.0 Å². The number of aromatic amines is 1. The van der Waals surface area contributed by atoms with Gasteiger partial charge in [0.15, 0.2) is 11.8 Å². The molecule has 12 heteroatoms. The van der Waals surface area contributed by atoms with Crippen molar-refractivity contribution in [3.63, 3.8) is 0 Å². The number of hydrogen-bond acceptors (Lipinski definition) is 7. The minimum Gasteiger partial charge on any atom is -0.480 e. The monoisotopic (exact) mass is 406 g/mol. The van der Waals surface area contributed by atoms with Gasteiger partial charge in [0, 0.05) is 11.8 Å². The van der Waals surface area contributed by atoms with Crippen molar-refractivity contribution in [2.24, 2.45) is 11.5 Å². The number of alkyl halides is 2. The predicted octanol–water partition coefficient (Wildman–Crippen LogP) is -0.937. The fourth-order valence-electron chi connectivity index (χ4n) is 2.23. The zero-order valence-electron chi connectivity index (χ0n) is 15.2. The van der Waals surface area contributed by atoms with E-state index in [1.165, 1.54) is 10.8 Å². The lowest BCUT2D eigenvalue weighted by molar-refractivity contribution is -0.150. The molecule has 1 aliphatic rings. The molecular weight excluding hydrogens is 382 g/mol. The van der Waals surface area contributed by atoms with Crippen LogP contribution in [0.2, 0.25) is 0 Å². The van der Waals surface area contributed by atoms with E-state index in [2.05, 4.69) is 4.98 Å². The molecule has 0 amide bonds. The van der Waals surface area contributed by atoms with Gasteiger partial charge in [-0.2, -0.15) is 0 Å². The van der Waals surface area contributed by atoms with E-state index in [4.69, 9.17) is 26.4 Å². The fraction of sp³-hybridized carbons (Fsp3) is 0.562. The molecule has 10 nitrogen and oxygen atoms in total. The molecule has 0 radical (unpaired) electrons. The lowest BCUT2D eigenvalue weighted by Crippen LogP contribution is -2.54. The SMILES string of the molecule is Cc1cn([C@H]2C=C[C@@H](CO)O2)c(=O)[nH]c1=O.NCCCC(N)(C(=O)O)C(F)F. The van der Waals surface area contributed by atoms with Gasteiger partial charge < -0.3 is 26.4 Å². The molecule has 0 saturated heterocycles. The lowest BCUT2D eigenvalue weighted by Gasteiger charge is -2.22. The van der Waals surface area contributed by atoms with Crippen LogP contribution >= 0.6 is 0 Å². The normalized spacial score (nSPS) is 20.5. The number of carboxylic acids is 1. The third-order valence-corrected chi connectivity index (χ3v) is 3.99. The smallest absolute Gasteiger partial charge is 0.330 e. The fourth-order valence-corrected chi connectivity index (χ4v) is 2.23. The number of aromatic nitrogens is 2. The van der Waals surface area contributed by atoms with Crippen LogP contribution < -0.4 is 22.7 Å². The number of aliphatic carboxylic acids is 1. The van der Waals surface area contributed by atoms with Crippen LogP contribution in [0.3, 0.4) is 0 Å². The van der Waals surface area contributed by atoms with E-state index in [0.29, 0.717) is 5.56 Å². The molecule has 1 aromatic heterocycles. The third-order valence-electron chi connectivity index (χ3n) is 3.99. The maximum Gasteiger partial charge on any atom is 0.330 e. The number of halogens is 2. The van der Waals surface area contributed by atoms with Gasteiger partial charge in [-0.05, 0) is 32.4 Å². The second-order valence-electron chi connectivity index (χ2n) is 6.15. The molecule has 1 aliphatic heterocycles. The summed E-state index contributed by atoms with van der Waals surface area (Å²) in [6.07, 6.45) is 0.614. The molecule has 0 saturated carbocycles. The highest BCUT2D eigenvalue weighted by Crippen LogP contribution is 2.19. The van der Waals surface area contributed by atoms with E-state index < -0.39 is 41.5 Å². The number of nitrogens with two attached hydrogens (primary N) is 2. The zero-order valence-corrected chi connectivity index (χ0v) is 15.2. The summed E-state index contributed by atoms with van der Waals surface area (Å²) in [4.78, 5) is 35.2. The molecule has 1 unspecified atom stereocenters. The van der Waals surface area contributed by atoms with Crippen LogP contribution in [0.4, 0.5) is 8.78 Å². The molecule has 0 spiro atoms. The number of ether oxygens (including phenoxy) is 1. The Morgan fingerprint density at radius 1 is 1.43 bits per heavy atom. The molecule has 0 aromatic carbocycles. The number of carboxylic acid groups (broad SMARTS) is 1. The van der Waals surface area contributed by atoms with Gasteiger partial charge in [-0.25, -0.2) is 18.4 Å². The Balaban J connectivity index is 0.000000295. The number of rotatable bonds is 7. The molecular formula is C16H24F2N4O6. The van der Waals surface area contributed by atoms with Crippen molar-refractivity contribution in [3.8, 4) is 0 Å². The van der Waals surface area contributed by atoms with Crippen molar-refractivity contribution < 1.29 is 28.5 Å². The second kappa shape index (κ2) is 10.2. The van der Waals surface area contributed by atoms with Crippen molar-refractivity contribution in [2.75, 3.05) is 13.2 Å². The van der Waals surface area contributed by atoms with Gasteiger partial charge in [-0.1, -0.05) is 6.08 Å². The van der Waals surface area contributed by atoms with E-state index in [0.717, 1.165) is 0 Å². The van der Waals surface area contributed by atoms with Crippen molar-refractivity contribution >= 4 is 5.97 Å². The van der Waals surface area contributed by atoms with Crippen LogP contribution in [0.5, 0.6) is 0 Å². The number of aliphatic hydroxyl groups is 1. The highest BCUT2D eigenvalue weighted by atomic mass is 19.3. The van der Waals surface area contributed by atoms with Crippen LogP contribution in [0.15, 0.2) is 27.9 Å². The lowest BCUT2D eigenvalue weighted by atomic mass is 9.95. The highest BCUT2D eigenvalue weighted by molar-refractivity contribution is 5.79. The number of aryl methyl sites for hydroxylation is 1. The molecule has 28 heavy (non-hydrogen) atoms. The number of nitrogens with zero attached hydrogens (tertiary/aromatic N) is 1. The van der Waals surface area contributed by atoms with Crippen molar-refractivity contribution in [1.29, 1.82) is 0 Å². The molecule has 0 bridgehead atoms. The second-order valence-corrected chi connectivity index (χ2v) is 6.15. The maximum atomic E-state index is 12.1. The molecule has 158 valence electrons. The van der Waals surface area contributed by atoms with Gasteiger partial charge in [-0.15, -0.1) is 0 Å². The third kappa shape index (κ3) is 5.79. The largest absolute Gasteiger partial charge is 0.480 e. The number of H-pyrrole nitrogens is 1. The molecule has 0 fully saturated rings. The van der Waals surface area contributed by atoms with Gasteiger partial charge in [0.05, 0.1) is 6.61 Å². The molecule has 1 aromatic rings. The summed E-state index contributed by atoms with van der Waals surface area (Å²) in [5.41, 5.74) is 7.07. The summed E-state index contributed by atoms with van der Waals surface area (Å²) < 4.78 is 30.9. The standard InChI is InChI=1S/C10H12N2O4.C6H12F2N2O2/c1-6-4-12(10(15)11-9(6)14)8-3-2-7(5-13)16-8;7-4(8)6(10,5(11)12)2-1-3-9/h2-4,7-8,13H,5H2,1H3,(H,11,14,15);4H,1-3,9-10H2,(H,11,12)/t7-,8+;/m0./s1. The zero-order chi connectivity index (χ0) is 21.5. The Kier molecular flexibility index (Phi) is 8.63. The molecule has 2 rings (SSSR count). The minimum absolute atomic E-state index is 0.135. The summed E-state index contributed by atoms with van der Waals surface area (Å²) in [6, 6.07) is 0. The van der Waals surface area contributed by atoms with Crippen LogP contribution in [0.1, 0.15) is 24.6 Å². The first-order valence-electron chi connectivity index (χ1n) is 8.34. The highest BCUT2D eigenvalue weighted by Gasteiger charge is 2.42. The summed E-state index contributed by atoms with van der Waals surface area (Å²) in [5, 5.41) is 17.3. The molecule has 0 aliphatic carbocycles. The Morgan fingerprint density at radius 3 is 2.54 bits per heavy atom. The van der Waals surface area contributed by atoms with Crippen LogP contribution in [0, 0.1) is 6.92 Å². The average molecular weight is 406 g/mol. The first kappa shape index (κ1) is 23.6. The van der Waals surface area contributed by atoms with Gasteiger partial charge >= 0.3 is 11.7 Å². The average Bonchev–Trinajstić information content (AvgIpc) is 3.11. The Labute approximate surface area is 158 Å². The molecule has 3 atom stereocenters. The number of nitrogens with one attached hydrogen (secondary N) is 1. The summed E-state index contributed by atoms with van der Waals surface area (Å²) in [7, 11) is 0. The molecule has 2 heterocycles. The topological polar surface area (TPSA) is 174 Å². The summed E-state index contributed by atoms with van der Waals surface area (Å²) in [5.74, 6) is -1.69. The first-order chi connectivity index (χ1) is 13.1. The first-order valence-corrected chi connectivity index (χ1v) is 8.34. The van der Waals surface area contributed by atoms with E-state index in [1.807, 2.05) is 0 Å². The predicted molar refractivity (Wildman–Crippen MR) is 95.0 cm³/mol. The van der Waals surface area contributed by atoms with Crippen molar-refractivity contribution in [2.45, 2.75) is 44.1 Å². The van der Waals surface area contributed by atoms with Crippen LogP contribution in [-0.2, 0) is 9.53 Å². The van der Waals surface area contributed by atoms with Crippen molar-refractivity contribution in [3.05, 3.63) is 44.8 Å².